The standard InChI is InChI=1S/C14H15N3OS/c1-10-13(19-11(2)17-10)9-16-14(18)6-5-12-4-3-7-15-8-12/h3-8H,9H2,1-2H3,(H,16,18)/b6-5+. The molecule has 0 aliphatic rings. The fraction of sp³-hybridized carbons (Fsp3) is 0.214. The Morgan fingerprint density at radius 2 is 2.32 bits per heavy atom. The molecule has 0 unspecified atom stereocenters. The summed E-state index contributed by atoms with van der Waals surface area (Å²) in [7, 11) is 0. The average molecular weight is 273 g/mol. The molecule has 2 heterocycles. The van der Waals surface area contributed by atoms with E-state index in [-0.39, 0.29) is 5.91 Å². The van der Waals surface area contributed by atoms with E-state index in [1.54, 1.807) is 29.8 Å². The molecule has 1 amide bonds. The lowest BCUT2D eigenvalue weighted by Crippen LogP contribution is -2.20. The molecule has 0 saturated carbocycles. The Morgan fingerprint density at radius 3 is 2.95 bits per heavy atom. The molecule has 19 heavy (non-hydrogen) atoms. The maximum Gasteiger partial charge on any atom is 0.244 e. The van der Waals surface area contributed by atoms with Crippen molar-refractivity contribution in [3.05, 3.63) is 51.7 Å². The first-order chi connectivity index (χ1) is 9.15. The molecule has 0 spiro atoms. The SMILES string of the molecule is Cc1nc(C)c(CNC(=O)/C=C/c2cccnc2)s1. The third kappa shape index (κ3) is 3.99. The maximum absolute atomic E-state index is 11.7. The van der Waals surface area contributed by atoms with E-state index in [0.717, 1.165) is 21.1 Å². The zero-order valence-corrected chi connectivity index (χ0v) is 11.7. The molecule has 0 atom stereocenters. The second-order valence-corrected chi connectivity index (χ2v) is 5.37. The Bertz CT molecular complexity index is 590. The minimum Gasteiger partial charge on any atom is -0.348 e. The Kier molecular flexibility index (Phi) is 4.41. The van der Waals surface area contributed by atoms with Gasteiger partial charge in [0.25, 0.3) is 0 Å². The van der Waals surface area contributed by atoms with Crippen LogP contribution in [0, 0.1) is 13.8 Å². The van der Waals surface area contributed by atoms with Crippen molar-refractivity contribution in [3.63, 3.8) is 0 Å². The molecule has 2 aromatic heterocycles. The van der Waals surface area contributed by atoms with E-state index >= 15 is 0 Å². The molecule has 0 aliphatic heterocycles. The Balaban J connectivity index is 1.88. The van der Waals surface area contributed by atoms with E-state index in [2.05, 4.69) is 15.3 Å². The normalized spacial score (nSPS) is 10.8. The van der Waals surface area contributed by atoms with Gasteiger partial charge >= 0.3 is 0 Å². The zero-order valence-electron chi connectivity index (χ0n) is 10.9. The summed E-state index contributed by atoms with van der Waals surface area (Å²) >= 11 is 1.61. The van der Waals surface area contributed by atoms with Crippen LogP contribution in [0.4, 0.5) is 0 Å². The number of carbonyl (C=O) groups is 1. The highest BCUT2D eigenvalue weighted by Gasteiger charge is 2.05. The van der Waals surface area contributed by atoms with Crippen LogP contribution < -0.4 is 5.32 Å². The molecule has 2 aromatic rings. The summed E-state index contributed by atoms with van der Waals surface area (Å²) in [5.41, 5.74) is 1.89. The predicted octanol–water partition coefficient (Wildman–Crippen LogP) is 2.48. The highest BCUT2D eigenvalue weighted by atomic mass is 32.1. The fourth-order valence-corrected chi connectivity index (χ4v) is 2.49. The summed E-state index contributed by atoms with van der Waals surface area (Å²) in [5.74, 6) is -0.116. The first-order valence-corrected chi connectivity index (χ1v) is 6.75. The van der Waals surface area contributed by atoms with Crippen molar-refractivity contribution in [2.24, 2.45) is 0 Å². The highest BCUT2D eigenvalue weighted by Crippen LogP contribution is 2.16. The van der Waals surface area contributed by atoms with Gasteiger partial charge < -0.3 is 5.32 Å². The number of aromatic nitrogens is 2. The molecule has 4 nitrogen and oxygen atoms in total. The van der Waals surface area contributed by atoms with E-state index in [9.17, 15) is 4.79 Å². The highest BCUT2D eigenvalue weighted by molar-refractivity contribution is 7.11. The molecule has 5 heteroatoms. The predicted molar refractivity (Wildman–Crippen MR) is 76.7 cm³/mol. The molecule has 0 saturated heterocycles. The number of nitrogens with zero attached hydrogens (tertiary/aromatic N) is 2. The Morgan fingerprint density at radius 1 is 1.47 bits per heavy atom. The van der Waals surface area contributed by atoms with Gasteiger partial charge in [0.2, 0.25) is 5.91 Å². The number of hydrogen-bond donors (Lipinski definition) is 1. The summed E-state index contributed by atoms with van der Waals surface area (Å²) in [6, 6.07) is 3.73. The van der Waals surface area contributed by atoms with Gasteiger partial charge in [0, 0.05) is 23.3 Å². The summed E-state index contributed by atoms with van der Waals surface area (Å²) in [6.45, 7) is 4.44. The molecule has 1 N–H and O–H groups in total. The summed E-state index contributed by atoms with van der Waals surface area (Å²) < 4.78 is 0. The molecule has 0 fully saturated rings. The fourth-order valence-electron chi connectivity index (χ4n) is 1.61. The molecule has 2 rings (SSSR count). The van der Waals surface area contributed by atoms with Crippen LogP contribution >= 0.6 is 11.3 Å². The Labute approximate surface area is 116 Å². The van der Waals surface area contributed by atoms with Crippen molar-refractivity contribution >= 4 is 23.3 Å². The largest absolute Gasteiger partial charge is 0.348 e. The van der Waals surface area contributed by atoms with Crippen molar-refractivity contribution in [1.82, 2.24) is 15.3 Å². The lowest BCUT2D eigenvalue weighted by molar-refractivity contribution is -0.116. The average Bonchev–Trinajstić information content (AvgIpc) is 2.73. The van der Waals surface area contributed by atoms with Gasteiger partial charge in [-0.25, -0.2) is 4.98 Å². The Hall–Kier alpha value is -2.01. The molecule has 98 valence electrons. The minimum atomic E-state index is -0.116. The van der Waals surface area contributed by atoms with E-state index in [1.807, 2.05) is 26.0 Å². The quantitative estimate of drug-likeness (QED) is 0.871. The number of nitrogens with one attached hydrogen (secondary N) is 1. The van der Waals surface area contributed by atoms with E-state index < -0.39 is 0 Å². The van der Waals surface area contributed by atoms with E-state index in [0.29, 0.717) is 6.54 Å². The van der Waals surface area contributed by atoms with Crippen LogP contribution in [0.3, 0.4) is 0 Å². The molecule has 0 bridgehead atoms. The van der Waals surface area contributed by atoms with Gasteiger partial charge in [0.05, 0.1) is 17.2 Å². The van der Waals surface area contributed by atoms with Crippen LogP contribution in [0.1, 0.15) is 21.1 Å². The van der Waals surface area contributed by atoms with Crippen LogP contribution in [0.5, 0.6) is 0 Å². The first kappa shape index (κ1) is 13.4. The van der Waals surface area contributed by atoms with Gasteiger partial charge in [-0.3, -0.25) is 9.78 Å². The first-order valence-electron chi connectivity index (χ1n) is 5.94. The topological polar surface area (TPSA) is 54.9 Å². The van der Waals surface area contributed by atoms with Gasteiger partial charge in [-0.2, -0.15) is 0 Å². The van der Waals surface area contributed by atoms with Gasteiger partial charge in [0.1, 0.15) is 0 Å². The van der Waals surface area contributed by atoms with Gasteiger partial charge in [-0.1, -0.05) is 6.07 Å². The van der Waals surface area contributed by atoms with Crippen LogP contribution in [-0.4, -0.2) is 15.9 Å². The lowest BCUT2D eigenvalue weighted by atomic mass is 10.2. The molecular weight excluding hydrogens is 258 g/mol. The third-order valence-corrected chi connectivity index (χ3v) is 3.61. The smallest absolute Gasteiger partial charge is 0.244 e. The summed E-state index contributed by atoms with van der Waals surface area (Å²) in [5, 5.41) is 3.87. The van der Waals surface area contributed by atoms with Crippen molar-refractivity contribution in [2.45, 2.75) is 20.4 Å². The second kappa shape index (κ2) is 6.24. The number of thiazole rings is 1. The van der Waals surface area contributed by atoms with Crippen LogP contribution in [-0.2, 0) is 11.3 Å². The lowest BCUT2D eigenvalue weighted by Gasteiger charge is -2.00. The number of pyridine rings is 1. The van der Waals surface area contributed by atoms with Crippen LogP contribution in [0.25, 0.3) is 6.08 Å². The monoisotopic (exact) mass is 273 g/mol. The van der Waals surface area contributed by atoms with Crippen molar-refractivity contribution in [1.29, 1.82) is 0 Å². The van der Waals surface area contributed by atoms with E-state index in [4.69, 9.17) is 0 Å². The number of amides is 1. The number of aryl methyl sites for hydroxylation is 2. The zero-order chi connectivity index (χ0) is 13.7. The molecule has 0 radical (unpaired) electrons. The molecular formula is C14H15N3OS. The van der Waals surface area contributed by atoms with Gasteiger partial charge in [0.15, 0.2) is 0 Å². The maximum atomic E-state index is 11.7. The third-order valence-electron chi connectivity index (χ3n) is 2.53. The van der Waals surface area contributed by atoms with E-state index in [1.165, 1.54) is 6.08 Å². The van der Waals surface area contributed by atoms with Crippen molar-refractivity contribution in [2.75, 3.05) is 0 Å². The molecule has 0 aliphatic carbocycles. The number of rotatable bonds is 4. The van der Waals surface area contributed by atoms with Crippen LogP contribution in [0.2, 0.25) is 0 Å². The summed E-state index contributed by atoms with van der Waals surface area (Å²) in [4.78, 5) is 21.1. The molecule has 0 aromatic carbocycles. The van der Waals surface area contributed by atoms with Gasteiger partial charge in [-0.15, -0.1) is 11.3 Å². The second-order valence-electron chi connectivity index (χ2n) is 4.08. The van der Waals surface area contributed by atoms with Crippen molar-refractivity contribution in [3.8, 4) is 0 Å². The summed E-state index contributed by atoms with van der Waals surface area (Å²) in [6.07, 6.45) is 6.67. The van der Waals surface area contributed by atoms with Crippen molar-refractivity contribution < 1.29 is 4.79 Å². The van der Waals surface area contributed by atoms with Gasteiger partial charge in [-0.05, 0) is 31.6 Å². The number of hydrogen-bond acceptors (Lipinski definition) is 4. The van der Waals surface area contributed by atoms with Crippen LogP contribution in [0.15, 0.2) is 30.6 Å². The number of carbonyl (C=O) groups excluding carboxylic acids is 1. The minimum absolute atomic E-state index is 0.116.